The summed E-state index contributed by atoms with van der Waals surface area (Å²) in [6.07, 6.45) is 4.64. The van der Waals surface area contributed by atoms with E-state index in [1.54, 1.807) is 0 Å². The van der Waals surface area contributed by atoms with E-state index in [9.17, 15) is 14.7 Å². The summed E-state index contributed by atoms with van der Waals surface area (Å²) in [5.41, 5.74) is 4.55. The second kappa shape index (κ2) is 9.77. The number of carbonyl (C=O) groups excluding carboxylic acids is 2. The van der Waals surface area contributed by atoms with E-state index in [4.69, 9.17) is 11.3 Å². The van der Waals surface area contributed by atoms with Gasteiger partial charge in [0.2, 0.25) is 0 Å². The van der Waals surface area contributed by atoms with Gasteiger partial charge in [-0.25, -0.2) is 4.85 Å². The molecule has 3 aromatic carbocycles. The van der Waals surface area contributed by atoms with Crippen LogP contribution in [0.25, 0.3) is 16.0 Å². The lowest BCUT2D eigenvalue weighted by Crippen LogP contribution is -2.76. The van der Waals surface area contributed by atoms with E-state index in [1.165, 1.54) is 12.8 Å². The maximum atomic E-state index is 13.5. The monoisotopic (exact) mass is 573 g/mol. The molecule has 3 aromatic rings. The molecule has 7 nitrogen and oxygen atoms in total. The average Bonchev–Trinajstić information content (AvgIpc) is 3.77. The normalized spacial score (nSPS) is 28.5. The molecule has 7 heteroatoms. The molecule has 4 atom stereocenters. The van der Waals surface area contributed by atoms with Gasteiger partial charge in [0.1, 0.15) is 5.75 Å². The Labute approximate surface area is 251 Å². The van der Waals surface area contributed by atoms with Crippen molar-refractivity contribution in [1.82, 2.24) is 10.2 Å². The van der Waals surface area contributed by atoms with E-state index in [0.29, 0.717) is 49.2 Å². The van der Waals surface area contributed by atoms with Crippen LogP contribution in [0.3, 0.4) is 0 Å². The zero-order valence-electron chi connectivity index (χ0n) is 24.1. The largest absolute Gasteiger partial charge is 0.480 e. The lowest BCUT2D eigenvalue weighted by atomic mass is 9.49. The molecule has 0 aromatic heterocycles. The van der Waals surface area contributed by atoms with Crippen molar-refractivity contribution in [2.45, 2.75) is 68.1 Å². The number of nitrogens with zero attached hydrogens (tertiary/aromatic N) is 2. The zero-order valence-corrected chi connectivity index (χ0v) is 24.1. The molecule has 2 bridgehead atoms. The summed E-state index contributed by atoms with van der Waals surface area (Å²) in [5, 5.41) is 15.5. The minimum absolute atomic E-state index is 0.0244. The first-order chi connectivity index (χ1) is 20.9. The summed E-state index contributed by atoms with van der Waals surface area (Å²) in [5.74, 6) is 1.06. The molecule has 3 aliphatic carbocycles. The van der Waals surface area contributed by atoms with Crippen LogP contribution in [0.5, 0.6) is 5.75 Å². The Bertz CT molecular complexity index is 1670. The Kier molecular flexibility index (Phi) is 6.05. The van der Waals surface area contributed by atoms with Crippen molar-refractivity contribution in [1.29, 1.82) is 0 Å². The zero-order chi connectivity index (χ0) is 29.3. The number of carbonyl (C=O) groups is 2. The van der Waals surface area contributed by atoms with Crippen molar-refractivity contribution >= 4 is 17.4 Å². The Balaban J connectivity index is 1.02. The van der Waals surface area contributed by atoms with Crippen molar-refractivity contribution in [2.24, 2.45) is 5.92 Å². The second-order valence-electron chi connectivity index (χ2n) is 13.1. The highest BCUT2D eigenvalue weighted by Crippen LogP contribution is 2.64. The van der Waals surface area contributed by atoms with Crippen molar-refractivity contribution in [3.05, 3.63) is 94.3 Å². The van der Waals surface area contributed by atoms with Crippen molar-refractivity contribution in [2.75, 3.05) is 19.6 Å². The Hall–Kier alpha value is -3.99. The van der Waals surface area contributed by atoms with Crippen LogP contribution < -0.4 is 10.1 Å². The molecule has 3 fully saturated rings. The van der Waals surface area contributed by atoms with Gasteiger partial charge in [-0.3, -0.25) is 14.5 Å². The Morgan fingerprint density at radius 3 is 2.51 bits per heavy atom. The number of rotatable bonds is 7. The number of likely N-dealkylation sites (tertiary alicyclic amines) is 1. The first-order valence-electron chi connectivity index (χ1n) is 15.6. The van der Waals surface area contributed by atoms with Crippen LogP contribution in [0.1, 0.15) is 59.2 Å². The summed E-state index contributed by atoms with van der Waals surface area (Å²) in [7, 11) is 0. The summed E-state index contributed by atoms with van der Waals surface area (Å²) in [6.45, 7) is 9.45. The maximum absolute atomic E-state index is 13.5. The van der Waals surface area contributed by atoms with Gasteiger partial charge in [-0.2, -0.15) is 0 Å². The van der Waals surface area contributed by atoms with E-state index in [2.05, 4.69) is 39.3 Å². The molecule has 1 spiro atoms. The van der Waals surface area contributed by atoms with Crippen LogP contribution in [0.2, 0.25) is 0 Å². The Morgan fingerprint density at radius 2 is 1.79 bits per heavy atom. The molecule has 1 unspecified atom stereocenters. The van der Waals surface area contributed by atoms with Gasteiger partial charge in [-0.1, -0.05) is 54.6 Å². The number of nitrogens with one attached hydrogen (secondary N) is 1. The number of benzene rings is 3. The summed E-state index contributed by atoms with van der Waals surface area (Å²) >= 11 is 0. The van der Waals surface area contributed by atoms with Crippen molar-refractivity contribution < 1.29 is 19.4 Å². The molecule has 5 aliphatic rings. The number of hydrogen-bond donors (Lipinski definition) is 2. The van der Waals surface area contributed by atoms with Gasteiger partial charge in [-0.15, -0.1) is 0 Å². The molecule has 2 heterocycles. The fourth-order valence-corrected chi connectivity index (χ4v) is 8.46. The summed E-state index contributed by atoms with van der Waals surface area (Å²) in [6, 6.07) is 19.7. The fraction of sp³-hybridized carbons (Fsp3) is 0.417. The molecule has 2 saturated carbocycles. The molecule has 2 aliphatic heterocycles. The van der Waals surface area contributed by atoms with Crippen LogP contribution in [0, 0.1) is 12.5 Å². The first kappa shape index (κ1) is 26.6. The van der Waals surface area contributed by atoms with Crippen LogP contribution in [0.15, 0.2) is 60.7 Å². The molecule has 1 amide bonds. The highest BCUT2D eigenvalue weighted by molar-refractivity contribution is 5.99. The summed E-state index contributed by atoms with van der Waals surface area (Å²) in [4.78, 5) is 32.8. The number of ketones is 1. The third-order valence-electron chi connectivity index (χ3n) is 10.8. The SMILES string of the molecule is [C-]#[N+]c1ccc(-c2ccc(CCNC(=O)c3ccc4c5c3OC3C(=O)CC[C@@]6(O)[C@@H](C4)N(CC4CC4)CC[C@]536)cc2)cc1. The molecular formula is C36H35N3O4. The number of hydrogen-bond acceptors (Lipinski definition) is 5. The lowest BCUT2D eigenvalue weighted by Gasteiger charge is -2.62. The van der Waals surface area contributed by atoms with Gasteiger partial charge in [0.15, 0.2) is 17.6 Å². The van der Waals surface area contributed by atoms with Gasteiger partial charge in [0.05, 0.1) is 23.2 Å². The predicted octanol–water partition coefficient (Wildman–Crippen LogP) is 5.01. The van der Waals surface area contributed by atoms with E-state index in [0.717, 1.165) is 53.2 Å². The van der Waals surface area contributed by atoms with E-state index in [-0.39, 0.29) is 17.7 Å². The van der Waals surface area contributed by atoms with Gasteiger partial charge in [0.25, 0.3) is 5.91 Å². The number of aliphatic hydroxyl groups is 1. The van der Waals surface area contributed by atoms with E-state index < -0.39 is 17.1 Å². The standard InChI is InChI=1S/C36H35N3O4/c1-37-27-11-8-25(9-12-27)24-6-4-22(5-7-24)15-18-38-34(41)28-13-10-26-20-30-36(42)16-14-29(40)33-35(36,31(26)32(28)43-33)17-19-39(30)21-23-2-3-23/h4-13,23,30,33,42H,2-3,14-21H2,(H,38,41)/t30-,33?,35+,36-/m1/s1. The first-order valence-corrected chi connectivity index (χ1v) is 15.6. The quantitative estimate of drug-likeness (QED) is 0.389. The van der Waals surface area contributed by atoms with Crippen LogP contribution in [0.4, 0.5) is 5.69 Å². The number of Topliss-reactive ketones (excluding diaryl/α,β-unsaturated/α-hetero) is 1. The lowest BCUT2D eigenvalue weighted by molar-refractivity contribution is -0.188. The topological polar surface area (TPSA) is 83.2 Å². The van der Waals surface area contributed by atoms with Crippen LogP contribution >= 0.6 is 0 Å². The molecule has 8 rings (SSSR count). The Morgan fingerprint density at radius 1 is 1.05 bits per heavy atom. The molecule has 0 radical (unpaired) electrons. The smallest absolute Gasteiger partial charge is 0.255 e. The third kappa shape index (κ3) is 4.00. The van der Waals surface area contributed by atoms with Gasteiger partial charge >= 0.3 is 0 Å². The molecule has 218 valence electrons. The van der Waals surface area contributed by atoms with Crippen LogP contribution in [-0.2, 0) is 23.1 Å². The van der Waals surface area contributed by atoms with E-state index >= 15 is 0 Å². The highest BCUT2D eigenvalue weighted by Gasteiger charge is 2.73. The molecule has 2 N–H and O–H groups in total. The van der Waals surface area contributed by atoms with Gasteiger partial charge < -0.3 is 15.2 Å². The highest BCUT2D eigenvalue weighted by atomic mass is 16.5. The molecule has 1 saturated heterocycles. The van der Waals surface area contributed by atoms with E-state index in [1.807, 2.05) is 36.4 Å². The number of amides is 1. The predicted molar refractivity (Wildman–Crippen MR) is 162 cm³/mol. The maximum Gasteiger partial charge on any atom is 0.255 e. The minimum atomic E-state index is -1.03. The van der Waals surface area contributed by atoms with Crippen molar-refractivity contribution in [3.8, 4) is 16.9 Å². The third-order valence-corrected chi connectivity index (χ3v) is 10.8. The minimum Gasteiger partial charge on any atom is -0.480 e. The summed E-state index contributed by atoms with van der Waals surface area (Å²) < 4.78 is 6.47. The van der Waals surface area contributed by atoms with Crippen LogP contribution in [-0.4, -0.2) is 59.1 Å². The van der Waals surface area contributed by atoms with Gasteiger partial charge in [0, 0.05) is 31.1 Å². The second-order valence-corrected chi connectivity index (χ2v) is 13.1. The molecule has 43 heavy (non-hydrogen) atoms. The fourth-order valence-electron chi connectivity index (χ4n) is 8.46. The number of ether oxygens (including phenoxy) is 1. The van der Waals surface area contributed by atoms with Gasteiger partial charge in [-0.05, 0) is 79.3 Å². The average molecular weight is 574 g/mol. The number of piperidine rings is 1. The molecular weight excluding hydrogens is 538 g/mol. The van der Waals surface area contributed by atoms with Crippen molar-refractivity contribution in [3.63, 3.8) is 0 Å².